The number of hydrogen-bond donors (Lipinski definition) is 0. The Labute approximate surface area is 178 Å². The molecule has 1 aromatic carbocycles. The number of nitrogens with zero attached hydrogens (tertiary/aromatic N) is 4. The van der Waals surface area contributed by atoms with Crippen LogP contribution >= 0.6 is 23.2 Å². The lowest BCUT2D eigenvalue weighted by molar-refractivity contribution is 0.0226. The molecule has 1 fully saturated rings. The van der Waals surface area contributed by atoms with E-state index in [2.05, 4.69) is 20.1 Å². The van der Waals surface area contributed by atoms with Crippen LogP contribution in [0.15, 0.2) is 34.9 Å². The molecule has 0 radical (unpaired) electrons. The maximum absolute atomic E-state index is 6.44. The van der Waals surface area contributed by atoms with E-state index in [1.807, 2.05) is 24.3 Å². The predicted molar refractivity (Wildman–Crippen MR) is 112 cm³/mol. The highest BCUT2D eigenvalue weighted by Crippen LogP contribution is 2.45. The normalized spacial score (nSPS) is 17.8. The molecule has 0 amide bonds. The summed E-state index contributed by atoms with van der Waals surface area (Å²) in [4.78, 5) is 6.89. The molecular weight excluding hydrogens is 411 g/mol. The van der Waals surface area contributed by atoms with Crippen LogP contribution in [0.3, 0.4) is 0 Å². The van der Waals surface area contributed by atoms with E-state index in [1.54, 1.807) is 13.1 Å². The molecule has 0 bridgehead atoms. The Kier molecular flexibility index (Phi) is 4.63. The number of ether oxygens (including phenoxy) is 1. The molecule has 0 N–H and O–H groups in total. The number of rotatable bonds is 2. The van der Waals surface area contributed by atoms with Gasteiger partial charge in [-0.1, -0.05) is 23.2 Å². The maximum Gasteiger partial charge on any atom is 0.249 e. The minimum atomic E-state index is -0.182. The van der Waals surface area contributed by atoms with Gasteiger partial charge in [0.05, 0.1) is 10.6 Å². The summed E-state index contributed by atoms with van der Waals surface area (Å²) in [5, 5.41) is 9.28. The number of anilines is 1. The molecule has 0 unspecified atom stereocenters. The maximum atomic E-state index is 6.44. The minimum Gasteiger partial charge on any atom is -0.485 e. The molecule has 0 aliphatic carbocycles. The molecule has 1 spiro atoms. The fourth-order valence-corrected chi connectivity index (χ4v) is 4.61. The number of pyridine rings is 1. The Morgan fingerprint density at radius 3 is 2.48 bits per heavy atom. The second kappa shape index (κ2) is 7.18. The van der Waals surface area contributed by atoms with Crippen LogP contribution in [0.1, 0.15) is 30.7 Å². The van der Waals surface area contributed by atoms with E-state index in [9.17, 15) is 0 Å². The van der Waals surface area contributed by atoms with Crippen molar-refractivity contribution in [3.8, 4) is 17.2 Å². The van der Waals surface area contributed by atoms with Crippen LogP contribution in [0.2, 0.25) is 10.0 Å². The lowest BCUT2D eigenvalue weighted by atomic mass is 9.83. The van der Waals surface area contributed by atoms with Crippen LogP contribution in [-0.4, -0.2) is 33.9 Å². The summed E-state index contributed by atoms with van der Waals surface area (Å²) in [6.45, 7) is 3.52. The van der Waals surface area contributed by atoms with Crippen molar-refractivity contribution in [3.63, 3.8) is 0 Å². The molecular formula is C21H20Cl2N4O2. The molecule has 150 valence electrons. The highest BCUT2D eigenvalue weighted by Gasteiger charge is 2.41. The van der Waals surface area contributed by atoms with Gasteiger partial charge >= 0.3 is 0 Å². The predicted octanol–water partition coefficient (Wildman–Crippen LogP) is 5.11. The molecule has 2 aliphatic heterocycles. The Morgan fingerprint density at radius 2 is 1.79 bits per heavy atom. The fourth-order valence-electron chi connectivity index (χ4n) is 4.15. The van der Waals surface area contributed by atoms with Gasteiger partial charge in [0.25, 0.3) is 0 Å². The van der Waals surface area contributed by atoms with E-state index in [1.165, 1.54) is 0 Å². The highest BCUT2D eigenvalue weighted by molar-refractivity contribution is 6.34. The van der Waals surface area contributed by atoms with Crippen LogP contribution < -0.4 is 9.64 Å². The van der Waals surface area contributed by atoms with Gasteiger partial charge in [0.15, 0.2) is 0 Å². The third-order valence-corrected chi connectivity index (χ3v) is 6.48. The third-order valence-electron chi connectivity index (χ3n) is 5.82. The first-order chi connectivity index (χ1) is 14.0. The van der Waals surface area contributed by atoms with E-state index >= 15 is 0 Å². The second-order valence-corrected chi connectivity index (χ2v) is 8.45. The number of hydrogen-bond acceptors (Lipinski definition) is 6. The molecule has 3 aromatic rings. The Morgan fingerprint density at radius 1 is 1.00 bits per heavy atom. The number of aryl methyl sites for hydroxylation is 1. The molecule has 6 nitrogen and oxygen atoms in total. The molecule has 5 rings (SSSR count). The van der Waals surface area contributed by atoms with Crippen molar-refractivity contribution in [1.82, 2.24) is 15.2 Å². The summed E-state index contributed by atoms with van der Waals surface area (Å²) >= 11 is 12.7. The first-order valence-electron chi connectivity index (χ1n) is 9.70. The van der Waals surface area contributed by atoms with E-state index in [4.69, 9.17) is 32.4 Å². The van der Waals surface area contributed by atoms with Gasteiger partial charge in [0, 0.05) is 49.6 Å². The molecule has 1 saturated heterocycles. The zero-order valence-electron chi connectivity index (χ0n) is 16.0. The van der Waals surface area contributed by atoms with Crippen molar-refractivity contribution >= 4 is 29.0 Å². The molecule has 4 heterocycles. The van der Waals surface area contributed by atoms with Crippen LogP contribution in [0.5, 0.6) is 5.75 Å². The van der Waals surface area contributed by atoms with Crippen LogP contribution in [-0.2, 0) is 6.42 Å². The van der Waals surface area contributed by atoms with E-state index in [0.717, 1.165) is 66.5 Å². The zero-order chi connectivity index (χ0) is 20.0. The fraction of sp³-hybridized carbons (Fsp3) is 0.381. The number of halogens is 2. The summed E-state index contributed by atoms with van der Waals surface area (Å²) in [5.74, 6) is 2.73. The molecule has 29 heavy (non-hydrogen) atoms. The number of aromatic nitrogens is 3. The van der Waals surface area contributed by atoms with E-state index in [-0.39, 0.29) is 5.60 Å². The van der Waals surface area contributed by atoms with Crippen molar-refractivity contribution in [3.05, 3.63) is 52.0 Å². The molecule has 0 atom stereocenters. The quantitative estimate of drug-likeness (QED) is 0.562. The summed E-state index contributed by atoms with van der Waals surface area (Å²) in [7, 11) is 0. The van der Waals surface area contributed by atoms with Gasteiger partial charge in [-0.15, -0.1) is 10.2 Å². The van der Waals surface area contributed by atoms with Gasteiger partial charge in [-0.05, 0) is 37.1 Å². The van der Waals surface area contributed by atoms with Crippen LogP contribution in [0, 0.1) is 6.92 Å². The first-order valence-corrected chi connectivity index (χ1v) is 10.5. The average molecular weight is 431 g/mol. The topological polar surface area (TPSA) is 64.3 Å². The van der Waals surface area contributed by atoms with Gasteiger partial charge in [-0.25, -0.2) is 4.98 Å². The molecule has 2 aliphatic rings. The van der Waals surface area contributed by atoms with Crippen molar-refractivity contribution in [2.45, 2.75) is 38.2 Å². The SMILES string of the molecule is Cc1nnc(-c2ccc(N3CCC4(CCc5c(Cl)ccc(Cl)c5O4)CC3)nc2)o1. The van der Waals surface area contributed by atoms with Crippen molar-refractivity contribution < 1.29 is 9.15 Å². The lowest BCUT2D eigenvalue weighted by Crippen LogP contribution is -2.50. The summed E-state index contributed by atoms with van der Waals surface area (Å²) in [6.07, 6.45) is 5.47. The van der Waals surface area contributed by atoms with Gasteiger partial charge in [0.2, 0.25) is 11.8 Å². The molecule has 2 aromatic heterocycles. The number of piperidine rings is 1. The Balaban J connectivity index is 1.29. The van der Waals surface area contributed by atoms with E-state index < -0.39 is 0 Å². The number of benzene rings is 1. The van der Waals surface area contributed by atoms with Gasteiger partial charge in [-0.2, -0.15) is 0 Å². The average Bonchev–Trinajstić information content (AvgIpc) is 3.18. The van der Waals surface area contributed by atoms with E-state index in [0.29, 0.717) is 16.8 Å². The van der Waals surface area contributed by atoms with Crippen molar-refractivity contribution in [1.29, 1.82) is 0 Å². The zero-order valence-corrected chi connectivity index (χ0v) is 17.5. The lowest BCUT2D eigenvalue weighted by Gasteiger charge is -2.45. The van der Waals surface area contributed by atoms with Gasteiger partial charge in [-0.3, -0.25) is 0 Å². The third kappa shape index (κ3) is 3.45. The molecule has 0 saturated carbocycles. The Bertz CT molecular complexity index is 1040. The smallest absolute Gasteiger partial charge is 0.249 e. The Hall–Kier alpha value is -2.31. The molecule has 8 heteroatoms. The van der Waals surface area contributed by atoms with Crippen molar-refractivity contribution in [2.75, 3.05) is 18.0 Å². The van der Waals surface area contributed by atoms with Gasteiger partial charge < -0.3 is 14.1 Å². The number of fused-ring (bicyclic) bond motifs is 1. The van der Waals surface area contributed by atoms with Crippen molar-refractivity contribution in [2.24, 2.45) is 0 Å². The highest BCUT2D eigenvalue weighted by atomic mass is 35.5. The second-order valence-electron chi connectivity index (χ2n) is 7.64. The summed E-state index contributed by atoms with van der Waals surface area (Å²) < 4.78 is 11.9. The monoisotopic (exact) mass is 430 g/mol. The van der Waals surface area contributed by atoms with Gasteiger partial charge in [0.1, 0.15) is 17.2 Å². The largest absolute Gasteiger partial charge is 0.485 e. The van der Waals surface area contributed by atoms with Crippen LogP contribution in [0.4, 0.5) is 5.82 Å². The summed E-state index contributed by atoms with van der Waals surface area (Å²) in [6, 6.07) is 7.63. The summed E-state index contributed by atoms with van der Waals surface area (Å²) in [5.41, 5.74) is 1.67. The minimum absolute atomic E-state index is 0.182. The van der Waals surface area contributed by atoms with Crippen LogP contribution in [0.25, 0.3) is 11.5 Å². The standard InChI is InChI=1S/C21H20Cl2N4O2/c1-13-25-26-20(28-13)14-2-5-18(24-12-14)27-10-8-21(9-11-27)7-6-15-16(22)3-4-17(23)19(15)29-21/h2-5,12H,6-11H2,1H3. The first kappa shape index (κ1) is 18.7.